The van der Waals surface area contributed by atoms with Crippen LogP contribution in [0.2, 0.25) is 0 Å². The van der Waals surface area contributed by atoms with Gasteiger partial charge >= 0.3 is 7.82 Å². The van der Waals surface area contributed by atoms with Gasteiger partial charge in [0.2, 0.25) is 0 Å². The molecule has 10 heteroatoms. The summed E-state index contributed by atoms with van der Waals surface area (Å²) in [5.74, 6) is -0.527. The summed E-state index contributed by atoms with van der Waals surface area (Å²) < 4.78 is 16.9. The molecule has 0 aromatic heterocycles. The van der Waals surface area contributed by atoms with Gasteiger partial charge in [0.25, 0.3) is 0 Å². The van der Waals surface area contributed by atoms with E-state index in [2.05, 4.69) is 26.0 Å². The van der Waals surface area contributed by atoms with Crippen LogP contribution in [0.4, 0.5) is 0 Å². The summed E-state index contributed by atoms with van der Waals surface area (Å²) >= 11 is 0. The summed E-state index contributed by atoms with van der Waals surface area (Å²) in [4.78, 5) is 32.6. The summed E-state index contributed by atoms with van der Waals surface area (Å²) in [5.41, 5.74) is 2.70. The lowest BCUT2D eigenvalue weighted by molar-refractivity contribution is -0.153. The maximum absolute atomic E-state index is 13.3. The number of ketones is 1. The second-order valence-corrected chi connectivity index (χ2v) is 15.7. The first-order chi connectivity index (χ1) is 24.6. The van der Waals surface area contributed by atoms with Gasteiger partial charge in [0, 0.05) is 13.0 Å². The highest BCUT2D eigenvalue weighted by Gasteiger charge is 2.49. The van der Waals surface area contributed by atoms with Crippen molar-refractivity contribution in [3.8, 4) is 0 Å². The largest absolute Gasteiger partial charge is 0.470 e. The van der Waals surface area contributed by atoms with Gasteiger partial charge in [0.05, 0.1) is 13.2 Å². The Kier molecular flexibility index (Phi) is 40.2. The van der Waals surface area contributed by atoms with Crippen LogP contribution in [0.1, 0.15) is 213 Å². The third-order valence-electron chi connectivity index (χ3n) is 9.66. The van der Waals surface area contributed by atoms with Crippen molar-refractivity contribution < 1.29 is 39.0 Å². The van der Waals surface area contributed by atoms with E-state index in [1.165, 1.54) is 109 Å². The maximum Gasteiger partial charge on any atom is 0.470 e. The van der Waals surface area contributed by atoms with Gasteiger partial charge in [-0.05, 0) is 44.9 Å². The van der Waals surface area contributed by atoms with Crippen molar-refractivity contribution in [3.63, 3.8) is 0 Å². The normalized spacial score (nSPS) is 13.6. The highest BCUT2D eigenvalue weighted by molar-refractivity contribution is 7.46. The van der Waals surface area contributed by atoms with Crippen LogP contribution in [0, 0.1) is 0 Å². The number of hydrogen-bond donors (Lipinski definition) is 6. The Labute approximate surface area is 314 Å². The Morgan fingerprint density at radius 1 is 0.627 bits per heavy atom. The summed E-state index contributed by atoms with van der Waals surface area (Å²) in [7, 11) is -5.07. The molecule has 0 saturated carbocycles. The number of phosphoric ester groups is 1. The van der Waals surface area contributed by atoms with E-state index in [9.17, 15) is 29.4 Å². The van der Waals surface area contributed by atoms with Crippen LogP contribution >= 0.6 is 7.82 Å². The molecule has 0 aliphatic rings. The SMILES string of the molecule is CCCCCCCC/C=C\CCCCCCCC(=O)C(CCCCCCCCCCCCCCCCCC)(OP(=O)(O)O)C(O)CO.NCCO. The Bertz CT molecular complexity index is 807. The summed E-state index contributed by atoms with van der Waals surface area (Å²) in [6, 6.07) is 0. The Hall–Kier alpha value is -0.640. The molecule has 0 saturated heterocycles. The molecule has 0 bridgehead atoms. The molecule has 0 amide bonds. The minimum atomic E-state index is -5.07. The predicted octanol–water partition coefficient (Wildman–Crippen LogP) is 10.4. The van der Waals surface area contributed by atoms with Crippen molar-refractivity contribution in [1.82, 2.24) is 0 Å². The molecule has 0 aromatic rings. The fourth-order valence-corrected chi connectivity index (χ4v) is 7.25. The zero-order valence-corrected chi connectivity index (χ0v) is 34.2. The monoisotopic (exact) mass is 750 g/mol. The van der Waals surface area contributed by atoms with Crippen LogP contribution in [0.15, 0.2) is 12.2 Å². The molecule has 0 aliphatic carbocycles. The standard InChI is InChI=1S/C39H77O7P.C2H7NO/c1-3-5-7-9-11-13-15-17-19-21-23-25-27-29-31-33-35-39(38(42)36-40,46-47(43,44)45)37(41)34-32-30-28-26-24-22-20-18-16-14-12-10-8-6-4-2;3-1-2-4/h18,20,38,40,42H,3-17,19,21-36H2,1-2H3,(H2,43,44,45);4H,1-3H2/b20-18-;. The van der Waals surface area contributed by atoms with Crippen molar-refractivity contribution in [1.29, 1.82) is 0 Å². The van der Waals surface area contributed by atoms with E-state index in [4.69, 9.17) is 15.4 Å². The fourth-order valence-electron chi connectivity index (χ4n) is 6.51. The zero-order chi connectivity index (χ0) is 38.3. The van der Waals surface area contributed by atoms with Gasteiger partial charge in [0.1, 0.15) is 6.10 Å². The second kappa shape index (κ2) is 39.1. The quantitative estimate of drug-likeness (QED) is 0.0204. The minimum absolute atomic E-state index is 0.0117. The van der Waals surface area contributed by atoms with E-state index in [-0.39, 0.29) is 19.4 Å². The molecule has 306 valence electrons. The molecule has 0 rings (SSSR count). The third-order valence-corrected chi connectivity index (χ3v) is 10.2. The minimum Gasteiger partial charge on any atom is -0.395 e. The smallest absolute Gasteiger partial charge is 0.395 e. The molecule has 0 aliphatic heterocycles. The van der Waals surface area contributed by atoms with Crippen LogP contribution in [0.3, 0.4) is 0 Å². The van der Waals surface area contributed by atoms with E-state index in [1.807, 2.05) is 0 Å². The average molecular weight is 750 g/mol. The number of carbonyl (C=O) groups is 1. The summed E-state index contributed by atoms with van der Waals surface area (Å²) in [5, 5.41) is 28.1. The van der Waals surface area contributed by atoms with Crippen molar-refractivity contribution in [2.45, 2.75) is 225 Å². The molecular formula is C41H84NO8P. The van der Waals surface area contributed by atoms with Gasteiger partial charge < -0.3 is 30.8 Å². The van der Waals surface area contributed by atoms with Gasteiger partial charge in [-0.2, -0.15) is 0 Å². The molecular weight excluding hydrogens is 665 g/mol. The molecule has 0 fully saturated rings. The van der Waals surface area contributed by atoms with Crippen molar-refractivity contribution >= 4 is 13.6 Å². The lowest BCUT2D eigenvalue weighted by Crippen LogP contribution is -2.52. The van der Waals surface area contributed by atoms with E-state index in [0.29, 0.717) is 19.4 Å². The number of unbranched alkanes of at least 4 members (excludes halogenated alkanes) is 26. The van der Waals surface area contributed by atoms with Crippen molar-refractivity contribution in [2.24, 2.45) is 5.73 Å². The molecule has 2 atom stereocenters. The summed E-state index contributed by atoms with van der Waals surface area (Å²) in [6.45, 7) is 4.17. The first-order valence-electron chi connectivity index (χ1n) is 21.2. The van der Waals surface area contributed by atoms with Crippen LogP contribution in [0.5, 0.6) is 0 Å². The lowest BCUT2D eigenvalue weighted by Gasteiger charge is -2.35. The number of aliphatic hydroxyl groups excluding tert-OH is 3. The van der Waals surface area contributed by atoms with Gasteiger partial charge in [-0.15, -0.1) is 0 Å². The Morgan fingerprint density at radius 3 is 1.29 bits per heavy atom. The van der Waals surface area contributed by atoms with Crippen LogP contribution in [-0.4, -0.2) is 62.4 Å². The van der Waals surface area contributed by atoms with Crippen LogP contribution < -0.4 is 5.73 Å². The number of nitrogens with two attached hydrogens (primary N) is 1. The molecule has 2 unspecified atom stereocenters. The first kappa shape index (κ1) is 52.5. The lowest BCUT2D eigenvalue weighted by atomic mass is 9.84. The van der Waals surface area contributed by atoms with Gasteiger partial charge in [0.15, 0.2) is 11.4 Å². The maximum atomic E-state index is 13.3. The predicted molar refractivity (Wildman–Crippen MR) is 214 cm³/mol. The third kappa shape index (κ3) is 34.9. The molecule has 9 nitrogen and oxygen atoms in total. The number of aliphatic hydroxyl groups is 3. The van der Waals surface area contributed by atoms with E-state index in [1.54, 1.807) is 0 Å². The van der Waals surface area contributed by atoms with Gasteiger partial charge in [-0.3, -0.25) is 9.32 Å². The number of rotatable bonds is 38. The number of carbonyl (C=O) groups excluding carboxylic acids is 1. The first-order valence-corrected chi connectivity index (χ1v) is 22.7. The Balaban J connectivity index is 0. The highest BCUT2D eigenvalue weighted by Crippen LogP contribution is 2.45. The van der Waals surface area contributed by atoms with Crippen LogP contribution in [-0.2, 0) is 13.9 Å². The van der Waals surface area contributed by atoms with E-state index >= 15 is 0 Å². The van der Waals surface area contributed by atoms with E-state index in [0.717, 1.165) is 64.2 Å². The van der Waals surface area contributed by atoms with Crippen molar-refractivity contribution in [3.05, 3.63) is 12.2 Å². The Morgan fingerprint density at radius 2 is 0.961 bits per heavy atom. The summed E-state index contributed by atoms with van der Waals surface area (Å²) in [6.07, 6.45) is 36.7. The molecule has 0 spiro atoms. The molecule has 51 heavy (non-hydrogen) atoms. The number of hydrogen-bond acceptors (Lipinski definition) is 7. The second-order valence-electron chi connectivity index (χ2n) is 14.5. The molecule has 0 heterocycles. The van der Waals surface area contributed by atoms with E-state index < -0.39 is 31.9 Å². The average Bonchev–Trinajstić information content (AvgIpc) is 3.11. The number of Topliss-reactive ketones (excluding diaryl/α,β-unsaturated/α-hetero) is 1. The topological polar surface area (TPSA) is 171 Å². The number of allylic oxidation sites excluding steroid dienone is 2. The molecule has 7 N–H and O–H groups in total. The van der Waals surface area contributed by atoms with Gasteiger partial charge in [-0.1, -0.05) is 174 Å². The van der Waals surface area contributed by atoms with Gasteiger partial charge in [-0.25, -0.2) is 4.57 Å². The van der Waals surface area contributed by atoms with Crippen LogP contribution in [0.25, 0.3) is 0 Å². The zero-order valence-electron chi connectivity index (χ0n) is 33.3. The van der Waals surface area contributed by atoms with Crippen molar-refractivity contribution in [2.75, 3.05) is 19.8 Å². The number of phosphoric acid groups is 1. The molecule has 0 radical (unpaired) electrons. The fraction of sp³-hybridized carbons (Fsp3) is 0.927. The molecule has 0 aromatic carbocycles. The highest BCUT2D eigenvalue weighted by atomic mass is 31.2.